The molecule has 4 atom stereocenters. The summed E-state index contributed by atoms with van der Waals surface area (Å²) < 4.78 is 18.4. The number of hydrogen-bond acceptors (Lipinski definition) is 10. The number of aliphatic hydroxyl groups is 1. The van der Waals surface area contributed by atoms with Crippen molar-refractivity contribution in [1.82, 2.24) is 15.5 Å². The van der Waals surface area contributed by atoms with E-state index in [4.69, 9.17) is 14.2 Å². The zero-order valence-electron chi connectivity index (χ0n) is 30.6. The van der Waals surface area contributed by atoms with E-state index >= 15 is 0 Å². The van der Waals surface area contributed by atoms with E-state index in [-0.39, 0.29) is 55.0 Å². The topological polar surface area (TPSA) is 156 Å². The SMILES string of the molecule is CCOC(=O)CNC(=O)NCc1cccc(-c2cccc([C@H]3O[C@@H](CN4CCN(c5ccc([N+](=O)[O-])cc5)CC4)[C@@H](C)[C@@H](c4ccc(CO)cc4)O3)c2)c1. The van der Waals surface area contributed by atoms with Gasteiger partial charge >= 0.3 is 12.0 Å². The molecule has 2 aliphatic heterocycles. The van der Waals surface area contributed by atoms with E-state index in [0.717, 1.165) is 65.2 Å². The van der Waals surface area contributed by atoms with Crippen molar-refractivity contribution in [3.05, 3.63) is 129 Å². The maximum atomic E-state index is 12.2. The van der Waals surface area contributed by atoms with E-state index in [0.29, 0.717) is 6.54 Å². The van der Waals surface area contributed by atoms with Gasteiger partial charge in [0.15, 0.2) is 6.29 Å². The average Bonchev–Trinajstić information content (AvgIpc) is 3.20. The predicted octanol–water partition coefficient (Wildman–Crippen LogP) is 5.73. The van der Waals surface area contributed by atoms with Gasteiger partial charge in [0.05, 0.1) is 30.3 Å². The third-order valence-electron chi connectivity index (χ3n) is 9.93. The molecule has 0 saturated carbocycles. The molecule has 2 heterocycles. The zero-order chi connectivity index (χ0) is 38.0. The van der Waals surface area contributed by atoms with Crippen molar-refractivity contribution in [3.8, 4) is 11.1 Å². The Balaban J connectivity index is 1.15. The molecule has 2 amide bonds. The Morgan fingerprint density at radius 1 is 0.870 bits per heavy atom. The van der Waals surface area contributed by atoms with Crippen molar-refractivity contribution >= 4 is 23.4 Å². The van der Waals surface area contributed by atoms with Crippen LogP contribution in [0.5, 0.6) is 0 Å². The second kappa shape index (κ2) is 18.1. The van der Waals surface area contributed by atoms with E-state index in [1.165, 1.54) is 0 Å². The molecule has 13 heteroatoms. The van der Waals surface area contributed by atoms with Crippen LogP contribution in [0.15, 0.2) is 97.1 Å². The molecule has 4 aromatic rings. The van der Waals surface area contributed by atoms with Crippen LogP contribution in [0.25, 0.3) is 11.1 Å². The van der Waals surface area contributed by atoms with Crippen LogP contribution in [-0.4, -0.2) is 78.9 Å². The van der Waals surface area contributed by atoms with Crippen molar-refractivity contribution in [3.63, 3.8) is 0 Å². The lowest BCUT2D eigenvalue weighted by Gasteiger charge is -2.44. The maximum absolute atomic E-state index is 12.2. The van der Waals surface area contributed by atoms with Crippen molar-refractivity contribution in [1.29, 1.82) is 0 Å². The number of amides is 2. The molecule has 0 unspecified atom stereocenters. The van der Waals surface area contributed by atoms with Gasteiger partial charge < -0.3 is 34.9 Å². The van der Waals surface area contributed by atoms with Gasteiger partial charge in [-0.1, -0.05) is 67.6 Å². The van der Waals surface area contributed by atoms with Gasteiger partial charge in [0.25, 0.3) is 5.69 Å². The number of nitrogens with zero attached hydrogens (tertiary/aromatic N) is 3. The Kier molecular flexibility index (Phi) is 12.9. The lowest BCUT2D eigenvalue weighted by molar-refractivity contribution is -0.384. The predicted molar refractivity (Wildman–Crippen MR) is 203 cm³/mol. The summed E-state index contributed by atoms with van der Waals surface area (Å²) in [7, 11) is 0. The Labute approximate surface area is 315 Å². The fraction of sp³-hybridized carbons (Fsp3) is 0.366. The van der Waals surface area contributed by atoms with Gasteiger partial charge in [0, 0.05) is 68.6 Å². The second-order valence-corrected chi connectivity index (χ2v) is 13.6. The molecule has 0 spiro atoms. The molecule has 0 aliphatic carbocycles. The molecule has 3 N–H and O–H groups in total. The summed E-state index contributed by atoms with van der Waals surface area (Å²) in [6, 6.07) is 30.1. The molecular weight excluding hydrogens is 690 g/mol. The maximum Gasteiger partial charge on any atom is 0.325 e. The van der Waals surface area contributed by atoms with Gasteiger partial charge in [0.2, 0.25) is 0 Å². The monoisotopic (exact) mass is 737 g/mol. The van der Waals surface area contributed by atoms with E-state index in [1.807, 2.05) is 78.9 Å². The largest absolute Gasteiger partial charge is 0.465 e. The quantitative estimate of drug-likeness (QED) is 0.0881. The molecule has 2 saturated heterocycles. The molecule has 13 nitrogen and oxygen atoms in total. The average molecular weight is 738 g/mol. The first-order chi connectivity index (χ1) is 26.2. The Hall–Kier alpha value is -5.34. The highest BCUT2D eigenvalue weighted by atomic mass is 16.7. The lowest BCUT2D eigenvalue weighted by Crippen LogP contribution is -2.51. The number of non-ortho nitro benzene ring substituents is 1. The highest BCUT2D eigenvalue weighted by Gasteiger charge is 2.39. The summed E-state index contributed by atoms with van der Waals surface area (Å²) in [4.78, 5) is 39.2. The van der Waals surface area contributed by atoms with Crippen molar-refractivity contribution in [2.24, 2.45) is 5.92 Å². The number of hydrogen-bond donors (Lipinski definition) is 3. The Morgan fingerprint density at radius 3 is 2.26 bits per heavy atom. The van der Waals surface area contributed by atoms with Crippen LogP contribution in [0.4, 0.5) is 16.2 Å². The standard InChI is InChI=1S/C41H47N5O8/c1-3-52-38(48)25-43-41(49)42-24-30-6-4-7-32(22-30)33-8-5-9-34(23-33)40-53-37(28(2)39(54-40)31-12-10-29(27-47)11-13-31)26-44-18-20-45(21-19-44)35-14-16-36(17-15-35)46(50)51/h4-17,22-23,28,37,39-40,47H,3,18-21,24-27H2,1-2H3,(H2,42,43,49)/t28-,37+,39+,40+/m1/s1. The number of nitrogens with one attached hydrogen (secondary N) is 2. The molecule has 284 valence electrons. The van der Waals surface area contributed by atoms with E-state index < -0.39 is 18.3 Å². The van der Waals surface area contributed by atoms with Crippen molar-refractivity contribution in [2.75, 3.05) is 50.8 Å². The molecule has 54 heavy (non-hydrogen) atoms. The summed E-state index contributed by atoms with van der Waals surface area (Å²) in [5, 5.41) is 26.1. The van der Waals surface area contributed by atoms with Crippen molar-refractivity contribution < 1.29 is 33.8 Å². The summed E-state index contributed by atoms with van der Waals surface area (Å²) >= 11 is 0. The Bertz CT molecular complexity index is 1880. The highest BCUT2D eigenvalue weighted by molar-refractivity contribution is 5.80. The minimum absolute atomic E-state index is 0.0239. The van der Waals surface area contributed by atoms with Gasteiger partial charge in [-0.15, -0.1) is 0 Å². The minimum atomic E-state index is -0.636. The number of carbonyl (C=O) groups excluding carboxylic acids is 2. The number of anilines is 1. The third-order valence-corrected chi connectivity index (χ3v) is 9.93. The molecule has 4 aromatic carbocycles. The number of aliphatic hydroxyl groups excluding tert-OH is 1. The van der Waals surface area contributed by atoms with Crippen LogP contribution in [0.2, 0.25) is 0 Å². The van der Waals surface area contributed by atoms with E-state index in [1.54, 1.807) is 19.1 Å². The number of piperazine rings is 1. The molecule has 2 fully saturated rings. The molecular formula is C41H47N5O8. The van der Waals surface area contributed by atoms with Crippen molar-refractivity contribution in [2.45, 2.75) is 45.5 Å². The fourth-order valence-corrected chi connectivity index (χ4v) is 6.89. The molecule has 6 rings (SSSR count). The summed E-state index contributed by atoms with van der Waals surface area (Å²) in [5.41, 5.74) is 6.61. The van der Waals surface area contributed by atoms with Gasteiger partial charge in [-0.05, 0) is 59.0 Å². The van der Waals surface area contributed by atoms with Crippen LogP contribution in [0, 0.1) is 16.0 Å². The second-order valence-electron chi connectivity index (χ2n) is 13.6. The highest BCUT2D eigenvalue weighted by Crippen LogP contribution is 2.42. The normalized spacial score (nSPS) is 20.2. The van der Waals surface area contributed by atoms with Gasteiger partial charge in [-0.3, -0.25) is 19.8 Å². The number of esters is 1. The number of rotatable bonds is 13. The number of nitro benzene ring substituents is 1. The minimum Gasteiger partial charge on any atom is -0.465 e. The Morgan fingerprint density at radius 2 is 1.57 bits per heavy atom. The number of ether oxygens (including phenoxy) is 3. The van der Waals surface area contributed by atoms with Crippen LogP contribution in [0.3, 0.4) is 0 Å². The lowest BCUT2D eigenvalue weighted by atomic mass is 9.89. The summed E-state index contributed by atoms with van der Waals surface area (Å²) in [5.74, 6) is -0.470. The first kappa shape index (κ1) is 38.4. The van der Waals surface area contributed by atoms with E-state index in [2.05, 4.69) is 33.4 Å². The smallest absolute Gasteiger partial charge is 0.325 e. The van der Waals surface area contributed by atoms with Crippen LogP contribution >= 0.6 is 0 Å². The van der Waals surface area contributed by atoms with Gasteiger partial charge in [0.1, 0.15) is 6.54 Å². The number of carbonyl (C=O) groups is 2. The molecule has 0 aromatic heterocycles. The number of urea groups is 1. The van der Waals surface area contributed by atoms with Crippen LogP contribution in [0.1, 0.15) is 48.5 Å². The van der Waals surface area contributed by atoms with Gasteiger partial charge in [-0.25, -0.2) is 4.79 Å². The third kappa shape index (κ3) is 9.79. The van der Waals surface area contributed by atoms with Crippen LogP contribution < -0.4 is 15.5 Å². The number of nitro groups is 1. The summed E-state index contributed by atoms with van der Waals surface area (Å²) in [6.45, 7) is 8.09. The molecule has 0 bridgehead atoms. The van der Waals surface area contributed by atoms with E-state index in [9.17, 15) is 24.8 Å². The molecule has 2 aliphatic rings. The zero-order valence-corrected chi connectivity index (χ0v) is 30.6. The summed E-state index contributed by atoms with van der Waals surface area (Å²) in [6.07, 6.45) is -1.04. The molecule has 0 radical (unpaired) electrons. The first-order valence-electron chi connectivity index (χ1n) is 18.3. The van der Waals surface area contributed by atoms with Crippen LogP contribution in [-0.2, 0) is 32.2 Å². The fourth-order valence-electron chi connectivity index (χ4n) is 6.89. The number of benzene rings is 4. The van der Waals surface area contributed by atoms with Gasteiger partial charge in [-0.2, -0.15) is 0 Å². The first-order valence-corrected chi connectivity index (χ1v) is 18.3.